The van der Waals surface area contributed by atoms with Gasteiger partial charge in [0.05, 0.1) is 0 Å². The van der Waals surface area contributed by atoms with Crippen LogP contribution in [-0.4, -0.2) is 0 Å². The summed E-state index contributed by atoms with van der Waals surface area (Å²) in [6.45, 7) is 5.07. The van der Waals surface area contributed by atoms with E-state index < -0.39 is 0 Å². The van der Waals surface area contributed by atoms with Gasteiger partial charge >= 0.3 is 0 Å². The van der Waals surface area contributed by atoms with Crippen LogP contribution < -0.4 is 0 Å². The minimum absolute atomic E-state index is 0.991. The summed E-state index contributed by atoms with van der Waals surface area (Å²) in [7, 11) is 0. The van der Waals surface area contributed by atoms with Crippen LogP contribution >= 0.6 is 0 Å². The van der Waals surface area contributed by atoms with E-state index in [1.54, 1.807) is 141 Å². The summed E-state index contributed by atoms with van der Waals surface area (Å²) >= 11 is 0. The summed E-state index contributed by atoms with van der Waals surface area (Å²) in [5.74, 6) is 13.1. The molecule has 6 aliphatic carbocycles. The van der Waals surface area contributed by atoms with Crippen molar-refractivity contribution in [3.63, 3.8) is 0 Å². The fourth-order valence-corrected chi connectivity index (χ4v) is 13.4. The van der Waals surface area contributed by atoms with E-state index in [0.717, 1.165) is 71.0 Å². The molecule has 6 aliphatic rings. The molecule has 0 radical (unpaired) electrons. The Bertz CT molecular complexity index is 753. The number of rotatable bonds is 6. The second-order valence-electron chi connectivity index (χ2n) is 17.4. The lowest BCUT2D eigenvalue weighted by Crippen LogP contribution is -2.51. The molecule has 0 aromatic heterocycles. The first-order valence-corrected chi connectivity index (χ1v) is 20.2. The lowest BCUT2D eigenvalue weighted by atomic mass is 9.47. The molecule has 41 heavy (non-hydrogen) atoms. The van der Waals surface area contributed by atoms with Crippen molar-refractivity contribution in [1.29, 1.82) is 0 Å². The quantitative estimate of drug-likeness (QED) is 0.301. The Balaban J connectivity index is 1.29. The molecule has 0 heteroatoms. The molecular weight excluding hydrogens is 492 g/mol. The van der Waals surface area contributed by atoms with Gasteiger partial charge in [-0.05, 0) is 116 Å². The Labute approximate surface area is 257 Å². The normalized spacial score (nSPS) is 45.4. The van der Waals surface area contributed by atoms with Gasteiger partial charge in [0.15, 0.2) is 0 Å². The highest BCUT2D eigenvalue weighted by Gasteiger charge is 2.56. The van der Waals surface area contributed by atoms with Crippen LogP contribution in [0.2, 0.25) is 0 Å². The van der Waals surface area contributed by atoms with Crippen molar-refractivity contribution in [2.24, 2.45) is 71.0 Å². The SMILES string of the molecule is CCCCC(C1CCCCCCC2CCCCC2C1)C1C2CCCCC2C(C2CCCCC(C)CC2)C2CCCC21. The Morgan fingerprint density at radius 3 is 1.80 bits per heavy atom. The Morgan fingerprint density at radius 1 is 0.488 bits per heavy atom. The summed E-state index contributed by atoms with van der Waals surface area (Å²) in [5.41, 5.74) is 0. The third-order valence-corrected chi connectivity index (χ3v) is 15.1. The van der Waals surface area contributed by atoms with E-state index in [-0.39, 0.29) is 0 Å². The average molecular weight is 565 g/mol. The summed E-state index contributed by atoms with van der Waals surface area (Å²) in [4.78, 5) is 0. The van der Waals surface area contributed by atoms with Crippen LogP contribution in [0.1, 0.15) is 187 Å². The zero-order valence-electron chi connectivity index (χ0n) is 28.0. The van der Waals surface area contributed by atoms with Crippen molar-refractivity contribution in [2.75, 3.05) is 0 Å². The van der Waals surface area contributed by atoms with Crippen LogP contribution in [0.15, 0.2) is 0 Å². The van der Waals surface area contributed by atoms with Gasteiger partial charge in [0, 0.05) is 0 Å². The van der Waals surface area contributed by atoms with Gasteiger partial charge in [-0.2, -0.15) is 0 Å². The summed E-state index contributed by atoms with van der Waals surface area (Å²) in [6.07, 6.45) is 42.4. The maximum atomic E-state index is 2.58. The van der Waals surface area contributed by atoms with E-state index in [0.29, 0.717) is 0 Å². The zero-order valence-corrected chi connectivity index (χ0v) is 28.0. The minimum Gasteiger partial charge on any atom is -0.0654 e. The van der Waals surface area contributed by atoms with Gasteiger partial charge in [0.2, 0.25) is 0 Å². The maximum Gasteiger partial charge on any atom is -0.0321 e. The molecule has 0 aliphatic heterocycles. The van der Waals surface area contributed by atoms with Crippen molar-refractivity contribution < 1.29 is 0 Å². The second kappa shape index (κ2) is 15.3. The van der Waals surface area contributed by atoms with Gasteiger partial charge in [-0.15, -0.1) is 0 Å². The van der Waals surface area contributed by atoms with Crippen LogP contribution in [0.4, 0.5) is 0 Å². The predicted molar refractivity (Wildman–Crippen MR) is 178 cm³/mol. The molecule has 6 rings (SSSR count). The first kappa shape index (κ1) is 31.0. The molecule has 0 heterocycles. The van der Waals surface area contributed by atoms with Crippen LogP contribution in [0.5, 0.6) is 0 Å². The summed E-state index contributed by atoms with van der Waals surface area (Å²) in [5, 5.41) is 0. The lowest BCUT2D eigenvalue weighted by molar-refractivity contribution is -0.0941. The van der Waals surface area contributed by atoms with Crippen LogP contribution in [-0.2, 0) is 0 Å². The first-order chi connectivity index (χ1) is 20.2. The monoisotopic (exact) mass is 565 g/mol. The second-order valence-corrected chi connectivity index (χ2v) is 17.4. The zero-order chi connectivity index (χ0) is 28.0. The highest BCUT2D eigenvalue weighted by Crippen LogP contribution is 2.63. The Hall–Kier alpha value is 0. The van der Waals surface area contributed by atoms with Gasteiger partial charge in [-0.1, -0.05) is 142 Å². The number of hydrogen-bond donors (Lipinski definition) is 0. The molecule has 12 unspecified atom stereocenters. The third kappa shape index (κ3) is 7.29. The van der Waals surface area contributed by atoms with Gasteiger partial charge in [0.1, 0.15) is 0 Å². The highest BCUT2D eigenvalue weighted by molar-refractivity contribution is 5.05. The molecular formula is C41H72. The number of hydrogen-bond acceptors (Lipinski definition) is 0. The van der Waals surface area contributed by atoms with Crippen LogP contribution in [0.3, 0.4) is 0 Å². The molecule has 6 saturated carbocycles. The minimum atomic E-state index is 0.991. The molecule has 0 bridgehead atoms. The fourth-order valence-electron chi connectivity index (χ4n) is 13.4. The van der Waals surface area contributed by atoms with E-state index in [4.69, 9.17) is 0 Å². The van der Waals surface area contributed by atoms with Crippen molar-refractivity contribution in [3.8, 4) is 0 Å². The molecule has 236 valence electrons. The van der Waals surface area contributed by atoms with Gasteiger partial charge in [-0.3, -0.25) is 0 Å². The number of fused-ring (bicyclic) bond motifs is 3. The molecule has 0 spiro atoms. The van der Waals surface area contributed by atoms with Gasteiger partial charge in [-0.25, -0.2) is 0 Å². The summed E-state index contributed by atoms with van der Waals surface area (Å²) in [6, 6.07) is 0. The van der Waals surface area contributed by atoms with E-state index in [9.17, 15) is 0 Å². The van der Waals surface area contributed by atoms with Crippen molar-refractivity contribution >= 4 is 0 Å². The number of unbranched alkanes of at least 4 members (excludes halogenated alkanes) is 1. The fraction of sp³-hybridized carbons (Fsp3) is 1.00. The summed E-state index contributed by atoms with van der Waals surface area (Å²) < 4.78 is 0. The Morgan fingerprint density at radius 2 is 1.05 bits per heavy atom. The molecule has 0 amide bonds. The average Bonchev–Trinajstić information content (AvgIpc) is 3.47. The predicted octanol–water partition coefficient (Wildman–Crippen LogP) is 13.0. The Kier molecular flexibility index (Phi) is 11.6. The van der Waals surface area contributed by atoms with E-state index in [1.807, 2.05) is 0 Å². The molecule has 6 fully saturated rings. The maximum absolute atomic E-state index is 2.58. The van der Waals surface area contributed by atoms with Gasteiger partial charge in [0.25, 0.3) is 0 Å². The van der Waals surface area contributed by atoms with E-state index >= 15 is 0 Å². The van der Waals surface area contributed by atoms with Crippen molar-refractivity contribution in [3.05, 3.63) is 0 Å². The van der Waals surface area contributed by atoms with E-state index in [1.165, 1.54) is 32.1 Å². The van der Waals surface area contributed by atoms with Crippen molar-refractivity contribution in [2.45, 2.75) is 187 Å². The lowest BCUT2D eigenvalue weighted by Gasteiger charge is -2.58. The molecule has 0 saturated heterocycles. The van der Waals surface area contributed by atoms with Gasteiger partial charge < -0.3 is 0 Å². The molecule has 0 aromatic carbocycles. The van der Waals surface area contributed by atoms with Crippen molar-refractivity contribution in [1.82, 2.24) is 0 Å². The first-order valence-electron chi connectivity index (χ1n) is 20.2. The van der Waals surface area contributed by atoms with Crippen LogP contribution in [0, 0.1) is 71.0 Å². The smallest absolute Gasteiger partial charge is 0.0321 e. The standard InChI is InChI=1S/C41H72/c1-3-4-22-35(34-21-8-6-5-7-17-31-18-11-12-20-33(31)29-34)41-38-24-14-13-23-36(38)40(37-25-15-26-39(37)41)32-19-10-9-16-30(2)27-28-32/h30-41H,3-29H2,1-2H3. The molecule has 0 nitrogen and oxygen atoms in total. The molecule has 12 atom stereocenters. The highest BCUT2D eigenvalue weighted by atomic mass is 14.6. The largest absolute Gasteiger partial charge is 0.0654 e. The molecule has 0 N–H and O–H groups in total. The molecule has 0 aromatic rings. The van der Waals surface area contributed by atoms with Crippen LogP contribution in [0.25, 0.3) is 0 Å². The third-order valence-electron chi connectivity index (χ3n) is 15.1. The van der Waals surface area contributed by atoms with E-state index in [2.05, 4.69) is 13.8 Å². The topological polar surface area (TPSA) is 0 Å².